The van der Waals surface area contributed by atoms with Crippen LogP contribution >= 0.6 is 0 Å². The number of hydrogen-bond donors (Lipinski definition) is 0. The van der Waals surface area contributed by atoms with E-state index in [1.807, 2.05) is 0 Å². The lowest BCUT2D eigenvalue weighted by Gasteiger charge is -2.57. The summed E-state index contributed by atoms with van der Waals surface area (Å²) in [5.74, 6) is 2.76. The van der Waals surface area contributed by atoms with E-state index in [0.29, 0.717) is 5.41 Å². The molecular weight excluding hydrogens is 450 g/mol. The minimum atomic E-state index is 0.338. The van der Waals surface area contributed by atoms with Crippen molar-refractivity contribution in [3.63, 3.8) is 0 Å². The number of para-hydroxylation sites is 1. The van der Waals surface area contributed by atoms with E-state index in [0.717, 1.165) is 28.7 Å². The summed E-state index contributed by atoms with van der Waals surface area (Å²) >= 11 is 0. The number of pyridine rings is 2. The molecule has 0 N–H and O–H groups in total. The van der Waals surface area contributed by atoms with Gasteiger partial charge >= 0.3 is 0 Å². The van der Waals surface area contributed by atoms with Gasteiger partial charge in [-0.3, -0.25) is 0 Å². The molecule has 180 valence electrons. The third-order valence-corrected chi connectivity index (χ3v) is 10.6. The van der Waals surface area contributed by atoms with Crippen LogP contribution < -0.4 is 4.57 Å². The number of fused-ring (bicyclic) bond motifs is 5. The smallest absolute Gasteiger partial charge is 0.224 e. The molecule has 3 nitrogen and oxygen atoms in total. The van der Waals surface area contributed by atoms with Gasteiger partial charge in [0.15, 0.2) is 6.20 Å². The molecule has 4 aliphatic carbocycles. The largest absolute Gasteiger partial charge is 0.307 e. The molecule has 0 atom stereocenters. The molecule has 37 heavy (non-hydrogen) atoms. The van der Waals surface area contributed by atoms with Crippen LogP contribution in [0.1, 0.15) is 55.2 Å². The van der Waals surface area contributed by atoms with E-state index in [2.05, 4.69) is 83.7 Å². The van der Waals surface area contributed by atoms with Crippen molar-refractivity contribution in [2.75, 3.05) is 0 Å². The maximum Gasteiger partial charge on any atom is 0.224 e. The molecule has 3 heteroatoms. The molecule has 6 aromatic rings. The van der Waals surface area contributed by atoms with Gasteiger partial charge in [0.25, 0.3) is 0 Å². The molecule has 0 spiro atoms. The molecule has 0 unspecified atom stereocenters. The first kappa shape index (κ1) is 20.4. The summed E-state index contributed by atoms with van der Waals surface area (Å²) in [6.07, 6.45) is 10.7. The zero-order chi connectivity index (χ0) is 24.6. The molecule has 4 saturated carbocycles. The summed E-state index contributed by atoms with van der Waals surface area (Å²) in [5.41, 5.74) is 8.86. The maximum absolute atomic E-state index is 10.2. The fraction of sp³-hybridized carbons (Fsp3) is 0.353. The molecule has 10 rings (SSSR count). The lowest BCUT2D eigenvalue weighted by Crippen LogP contribution is -2.48. The van der Waals surface area contributed by atoms with Gasteiger partial charge in [-0.05, 0) is 109 Å². The Morgan fingerprint density at radius 3 is 2.35 bits per heavy atom. The average Bonchev–Trinajstić information content (AvgIpc) is 3.23. The van der Waals surface area contributed by atoms with Gasteiger partial charge in [-0.1, -0.05) is 18.2 Å². The summed E-state index contributed by atoms with van der Waals surface area (Å²) in [7, 11) is 2.17. The minimum absolute atomic E-state index is 0.338. The second-order valence-corrected chi connectivity index (χ2v) is 12.7. The van der Waals surface area contributed by atoms with Crippen LogP contribution in [0.5, 0.6) is 0 Å². The topological polar surface area (TPSA) is 32.1 Å². The molecule has 0 radical (unpaired) electrons. The van der Waals surface area contributed by atoms with E-state index in [4.69, 9.17) is 0 Å². The van der Waals surface area contributed by atoms with E-state index in [1.165, 1.54) is 87.7 Å². The normalized spacial score (nSPS) is 26.9. The maximum atomic E-state index is 10.2. The van der Waals surface area contributed by atoms with Crippen molar-refractivity contribution in [3.8, 4) is 6.07 Å². The van der Waals surface area contributed by atoms with Crippen LogP contribution in [0.3, 0.4) is 0 Å². The Bertz CT molecular complexity index is 1960. The summed E-state index contributed by atoms with van der Waals surface area (Å²) in [5, 5.41) is 16.4. The first-order valence-corrected chi connectivity index (χ1v) is 14.0. The van der Waals surface area contributed by atoms with E-state index in [1.54, 1.807) is 5.56 Å². The van der Waals surface area contributed by atoms with Crippen molar-refractivity contribution >= 4 is 49.0 Å². The van der Waals surface area contributed by atoms with Crippen molar-refractivity contribution in [1.29, 1.82) is 5.26 Å². The van der Waals surface area contributed by atoms with Gasteiger partial charge in [0.1, 0.15) is 7.05 Å². The zero-order valence-electron chi connectivity index (χ0n) is 21.5. The number of hydrogen-bond acceptors (Lipinski definition) is 1. The molecule has 4 bridgehead atoms. The summed E-state index contributed by atoms with van der Waals surface area (Å²) < 4.78 is 4.80. The van der Waals surface area contributed by atoms with Crippen LogP contribution in [0.25, 0.3) is 49.0 Å². The lowest BCUT2D eigenvalue weighted by atomic mass is 9.48. The van der Waals surface area contributed by atoms with Crippen LogP contribution in [0.4, 0.5) is 0 Å². The second kappa shape index (κ2) is 6.62. The van der Waals surface area contributed by atoms with Gasteiger partial charge in [0.2, 0.25) is 5.52 Å². The fourth-order valence-corrected chi connectivity index (χ4v) is 9.66. The first-order chi connectivity index (χ1) is 18.0. The number of aromatic nitrogens is 2. The predicted octanol–water partition coefficient (Wildman–Crippen LogP) is 7.46. The van der Waals surface area contributed by atoms with Gasteiger partial charge in [-0.15, -0.1) is 0 Å². The summed E-state index contributed by atoms with van der Waals surface area (Å²) in [6.45, 7) is 2.17. The van der Waals surface area contributed by atoms with Crippen LogP contribution in [0.2, 0.25) is 0 Å². The second-order valence-electron chi connectivity index (χ2n) is 12.7. The van der Waals surface area contributed by atoms with Crippen LogP contribution in [-0.4, -0.2) is 4.40 Å². The molecule has 4 aliphatic rings. The van der Waals surface area contributed by atoms with Gasteiger partial charge in [0.05, 0.1) is 39.0 Å². The third-order valence-electron chi connectivity index (χ3n) is 10.6. The Morgan fingerprint density at radius 2 is 1.62 bits per heavy atom. The van der Waals surface area contributed by atoms with E-state index in [-0.39, 0.29) is 0 Å². The van der Waals surface area contributed by atoms with Gasteiger partial charge < -0.3 is 4.40 Å². The number of nitriles is 1. The molecule has 3 aromatic heterocycles. The number of benzene rings is 3. The fourth-order valence-electron chi connectivity index (χ4n) is 9.66. The SMILES string of the molecule is Cc1cc(C#N)c2c3ccccc3n3c4cc(C56CC7CC(CC(C7)C5)C6)cc5cc[n+](C)c(c1c23)c54. The quantitative estimate of drug-likeness (QED) is 0.137. The van der Waals surface area contributed by atoms with Gasteiger partial charge in [-0.2, -0.15) is 5.26 Å². The highest BCUT2D eigenvalue weighted by atomic mass is 15.0. The van der Waals surface area contributed by atoms with E-state index >= 15 is 0 Å². The summed E-state index contributed by atoms with van der Waals surface area (Å²) in [4.78, 5) is 0. The Hall–Kier alpha value is -3.64. The van der Waals surface area contributed by atoms with Crippen molar-refractivity contribution < 1.29 is 4.57 Å². The lowest BCUT2D eigenvalue weighted by molar-refractivity contribution is -0.643. The molecule has 4 fully saturated rings. The molecule has 0 aliphatic heterocycles. The highest BCUT2D eigenvalue weighted by Crippen LogP contribution is 2.61. The number of aryl methyl sites for hydroxylation is 2. The van der Waals surface area contributed by atoms with Crippen LogP contribution in [0.15, 0.2) is 54.7 Å². The Morgan fingerprint density at radius 1 is 0.892 bits per heavy atom. The Labute approximate surface area is 216 Å². The zero-order valence-corrected chi connectivity index (χ0v) is 21.5. The van der Waals surface area contributed by atoms with Crippen molar-refractivity contribution in [2.24, 2.45) is 24.8 Å². The highest BCUT2D eigenvalue weighted by molar-refractivity contribution is 6.27. The first-order valence-electron chi connectivity index (χ1n) is 14.0. The van der Waals surface area contributed by atoms with E-state index in [9.17, 15) is 5.26 Å². The van der Waals surface area contributed by atoms with Crippen LogP contribution in [0, 0.1) is 36.0 Å². The Balaban J connectivity index is 1.52. The number of rotatable bonds is 1. The average molecular weight is 481 g/mol. The van der Waals surface area contributed by atoms with Crippen LogP contribution in [-0.2, 0) is 12.5 Å². The van der Waals surface area contributed by atoms with Gasteiger partial charge in [-0.25, -0.2) is 4.57 Å². The van der Waals surface area contributed by atoms with Crippen molar-refractivity contribution in [2.45, 2.75) is 50.9 Å². The molecule has 3 aromatic carbocycles. The summed E-state index contributed by atoms with van der Waals surface area (Å²) in [6, 6.07) is 20.8. The molecule has 3 heterocycles. The third kappa shape index (κ3) is 2.41. The monoisotopic (exact) mass is 480 g/mol. The van der Waals surface area contributed by atoms with Crippen molar-refractivity contribution in [1.82, 2.24) is 4.40 Å². The minimum Gasteiger partial charge on any atom is -0.307 e. The molecule has 0 saturated heterocycles. The van der Waals surface area contributed by atoms with Gasteiger partial charge in [0, 0.05) is 16.8 Å². The highest BCUT2D eigenvalue weighted by Gasteiger charge is 2.51. The molecule has 0 amide bonds. The standard InChI is InChI=1S/C34H30N3/c1-19-9-24(18-35)30-26-5-3-4-6-27(26)37-28-14-25(34-15-20-10-21(16-34)12-22(11-20)17-34)13-23-7-8-36(2)32(31(23)28)29(19)33(30)37/h3-9,13-14,20-22H,10-12,15-17H2,1-2H3/q+1. The number of nitrogens with zero attached hydrogens (tertiary/aromatic N) is 3. The van der Waals surface area contributed by atoms with Crippen molar-refractivity contribution in [3.05, 3.63) is 71.4 Å². The van der Waals surface area contributed by atoms with E-state index < -0.39 is 0 Å². The Kier molecular flexibility index (Phi) is 3.65. The predicted molar refractivity (Wildman–Crippen MR) is 149 cm³/mol. The molecular formula is C34H30N3+.